The van der Waals surface area contributed by atoms with Gasteiger partial charge in [0.15, 0.2) is 0 Å². The second-order valence-corrected chi connectivity index (χ2v) is 3.90. The molecule has 1 heterocycles. The van der Waals surface area contributed by atoms with Crippen molar-refractivity contribution in [2.75, 3.05) is 0 Å². The summed E-state index contributed by atoms with van der Waals surface area (Å²) in [5.74, 6) is 0. The number of alkyl halides is 5. The van der Waals surface area contributed by atoms with E-state index in [1.165, 1.54) is 22.6 Å². The van der Waals surface area contributed by atoms with Gasteiger partial charge in [0, 0.05) is 3.57 Å². The lowest BCUT2D eigenvalue weighted by molar-refractivity contribution is -0.141. The maximum absolute atomic E-state index is 12.4. The largest absolute Gasteiger partial charge is 0.433 e. The van der Waals surface area contributed by atoms with Crippen LogP contribution < -0.4 is 0 Å². The molecule has 0 spiro atoms. The normalized spacial score (nSPS) is 12.2. The van der Waals surface area contributed by atoms with Crippen LogP contribution in [-0.4, -0.2) is 10.1 Å². The fraction of sp³-hybridized carbons (Fsp3) is 0.375. The van der Waals surface area contributed by atoms with Crippen molar-refractivity contribution in [1.82, 2.24) is 4.98 Å². The Morgan fingerprint density at radius 2 is 1.94 bits per heavy atom. The minimum Gasteiger partial charge on any atom is -0.392 e. The molecule has 0 aliphatic rings. The summed E-state index contributed by atoms with van der Waals surface area (Å²) in [6.07, 6.45) is -7.92. The van der Waals surface area contributed by atoms with Crippen LogP contribution in [0.15, 0.2) is 6.07 Å². The second-order valence-electron chi connectivity index (χ2n) is 2.82. The van der Waals surface area contributed by atoms with Crippen molar-refractivity contribution in [3.8, 4) is 0 Å². The van der Waals surface area contributed by atoms with E-state index >= 15 is 0 Å². The highest BCUT2D eigenvalue weighted by molar-refractivity contribution is 14.1. The van der Waals surface area contributed by atoms with Gasteiger partial charge in [0.2, 0.25) is 0 Å². The maximum Gasteiger partial charge on any atom is 0.433 e. The third-order valence-corrected chi connectivity index (χ3v) is 2.97. The molecule has 2 nitrogen and oxygen atoms in total. The van der Waals surface area contributed by atoms with Crippen molar-refractivity contribution in [3.05, 3.63) is 26.6 Å². The number of hydrogen-bond acceptors (Lipinski definition) is 2. The zero-order valence-electron chi connectivity index (χ0n) is 7.52. The highest BCUT2D eigenvalue weighted by Crippen LogP contribution is 2.33. The average Bonchev–Trinajstić information content (AvgIpc) is 2.15. The molecule has 0 aliphatic heterocycles. The Labute approximate surface area is 101 Å². The van der Waals surface area contributed by atoms with Gasteiger partial charge < -0.3 is 5.11 Å². The number of hydrogen-bond donors (Lipinski definition) is 1. The number of halogens is 6. The average molecular weight is 353 g/mol. The number of aliphatic hydroxyl groups is 1. The Morgan fingerprint density at radius 3 is 2.31 bits per heavy atom. The van der Waals surface area contributed by atoms with E-state index in [0.29, 0.717) is 6.07 Å². The minimum atomic E-state index is -4.81. The SMILES string of the molecule is OCc1cc(C(F)(F)F)nc(C(F)F)c1I. The quantitative estimate of drug-likeness (QED) is 0.655. The molecule has 0 fully saturated rings. The van der Waals surface area contributed by atoms with Crippen LogP contribution in [0.3, 0.4) is 0 Å². The van der Waals surface area contributed by atoms with Gasteiger partial charge in [-0.15, -0.1) is 0 Å². The van der Waals surface area contributed by atoms with E-state index < -0.39 is 30.6 Å². The molecular weight excluding hydrogens is 348 g/mol. The lowest BCUT2D eigenvalue weighted by Crippen LogP contribution is -2.13. The third-order valence-electron chi connectivity index (χ3n) is 1.73. The number of aromatic nitrogens is 1. The molecule has 1 N–H and O–H groups in total. The van der Waals surface area contributed by atoms with Crippen LogP contribution in [0.1, 0.15) is 23.4 Å². The minimum absolute atomic E-state index is 0.150. The van der Waals surface area contributed by atoms with Gasteiger partial charge in [-0.3, -0.25) is 0 Å². The number of rotatable bonds is 2. The van der Waals surface area contributed by atoms with E-state index in [0.717, 1.165) is 0 Å². The maximum atomic E-state index is 12.4. The first-order valence-corrected chi connectivity index (χ1v) is 5.00. The summed E-state index contributed by atoms with van der Waals surface area (Å²) in [5.41, 5.74) is -2.59. The molecule has 0 saturated carbocycles. The Bertz CT molecular complexity index is 393. The van der Waals surface area contributed by atoms with E-state index in [4.69, 9.17) is 5.11 Å². The van der Waals surface area contributed by atoms with Gasteiger partial charge in [0.1, 0.15) is 11.4 Å². The first-order valence-electron chi connectivity index (χ1n) is 3.93. The van der Waals surface area contributed by atoms with Crippen LogP contribution in [0.5, 0.6) is 0 Å². The molecule has 1 aromatic rings. The summed E-state index contributed by atoms with van der Waals surface area (Å²) >= 11 is 1.43. The molecule has 1 aromatic heterocycles. The first-order chi connectivity index (χ1) is 7.27. The zero-order chi connectivity index (χ0) is 12.5. The molecule has 0 amide bonds. The topological polar surface area (TPSA) is 33.1 Å². The molecule has 0 aliphatic carbocycles. The van der Waals surface area contributed by atoms with Crippen molar-refractivity contribution in [2.45, 2.75) is 19.2 Å². The summed E-state index contributed by atoms with van der Waals surface area (Å²) in [5, 5.41) is 8.77. The molecule has 8 heteroatoms. The number of nitrogens with zero attached hydrogens (tertiary/aromatic N) is 1. The Kier molecular flexibility index (Phi) is 4.05. The van der Waals surface area contributed by atoms with Crippen molar-refractivity contribution in [3.63, 3.8) is 0 Å². The van der Waals surface area contributed by atoms with E-state index in [1.54, 1.807) is 0 Å². The van der Waals surface area contributed by atoms with Crippen LogP contribution in [0, 0.1) is 3.57 Å². The van der Waals surface area contributed by atoms with Gasteiger partial charge in [-0.25, -0.2) is 13.8 Å². The summed E-state index contributed by atoms with van der Waals surface area (Å²) in [6, 6.07) is 0.563. The zero-order valence-corrected chi connectivity index (χ0v) is 9.68. The molecule has 0 aromatic carbocycles. The molecule has 0 bridgehead atoms. The summed E-state index contributed by atoms with van der Waals surface area (Å²) < 4.78 is 61.5. The van der Waals surface area contributed by atoms with Crippen LogP contribution in [0.2, 0.25) is 0 Å². The molecule has 90 valence electrons. The number of pyridine rings is 1. The van der Waals surface area contributed by atoms with Gasteiger partial charge in [0.25, 0.3) is 6.43 Å². The van der Waals surface area contributed by atoms with Crippen molar-refractivity contribution in [2.24, 2.45) is 0 Å². The van der Waals surface area contributed by atoms with E-state index in [1.807, 2.05) is 0 Å². The molecule has 0 saturated heterocycles. The van der Waals surface area contributed by atoms with Gasteiger partial charge in [-0.05, 0) is 34.2 Å². The fourth-order valence-corrected chi connectivity index (χ4v) is 1.69. The van der Waals surface area contributed by atoms with Gasteiger partial charge in [-0.1, -0.05) is 0 Å². The lowest BCUT2D eigenvalue weighted by atomic mass is 10.2. The highest BCUT2D eigenvalue weighted by Gasteiger charge is 2.35. The summed E-state index contributed by atoms with van der Waals surface area (Å²) in [6.45, 7) is -0.746. The Morgan fingerprint density at radius 1 is 1.38 bits per heavy atom. The molecule has 0 atom stereocenters. The van der Waals surface area contributed by atoms with Gasteiger partial charge >= 0.3 is 6.18 Å². The highest BCUT2D eigenvalue weighted by atomic mass is 127. The Balaban J connectivity index is 3.40. The van der Waals surface area contributed by atoms with Crippen LogP contribution in [0.25, 0.3) is 0 Å². The van der Waals surface area contributed by atoms with E-state index in [2.05, 4.69) is 4.98 Å². The van der Waals surface area contributed by atoms with E-state index in [9.17, 15) is 22.0 Å². The first kappa shape index (κ1) is 13.6. The van der Waals surface area contributed by atoms with Crippen molar-refractivity contribution < 1.29 is 27.1 Å². The summed E-state index contributed by atoms with van der Waals surface area (Å²) in [7, 11) is 0. The molecule has 0 unspecified atom stereocenters. The van der Waals surface area contributed by atoms with Gasteiger partial charge in [0.05, 0.1) is 6.61 Å². The predicted molar refractivity (Wildman–Crippen MR) is 52.8 cm³/mol. The fourth-order valence-electron chi connectivity index (χ4n) is 1.01. The van der Waals surface area contributed by atoms with Crippen LogP contribution in [0.4, 0.5) is 22.0 Å². The lowest BCUT2D eigenvalue weighted by Gasteiger charge is -2.12. The van der Waals surface area contributed by atoms with E-state index in [-0.39, 0.29) is 9.13 Å². The molecule has 1 rings (SSSR count). The Hall–Kier alpha value is -0.510. The monoisotopic (exact) mass is 353 g/mol. The van der Waals surface area contributed by atoms with Crippen molar-refractivity contribution in [1.29, 1.82) is 0 Å². The summed E-state index contributed by atoms with van der Waals surface area (Å²) in [4.78, 5) is 2.86. The van der Waals surface area contributed by atoms with Crippen LogP contribution >= 0.6 is 22.6 Å². The standard InChI is InChI=1S/C8H5F5INO/c9-7(10)6-5(14)3(2-16)1-4(15-6)8(11,12)13/h1,7,16H,2H2. The second kappa shape index (κ2) is 4.78. The van der Waals surface area contributed by atoms with Crippen molar-refractivity contribution >= 4 is 22.6 Å². The third kappa shape index (κ3) is 2.78. The van der Waals surface area contributed by atoms with Gasteiger partial charge in [-0.2, -0.15) is 13.2 Å². The molecular formula is C8H5F5INO. The number of aliphatic hydroxyl groups excluding tert-OH is 1. The molecule has 16 heavy (non-hydrogen) atoms. The smallest absolute Gasteiger partial charge is 0.392 e. The predicted octanol–water partition coefficient (Wildman–Crippen LogP) is 3.13. The molecule has 0 radical (unpaired) electrons. The van der Waals surface area contributed by atoms with Crippen LogP contribution in [-0.2, 0) is 12.8 Å².